The van der Waals surface area contributed by atoms with Gasteiger partial charge in [-0.2, -0.15) is 0 Å². The topological polar surface area (TPSA) is 29.9 Å². The first-order valence-electron chi connectivity index (χ1n) is 8.77. The van der Waals surface area contributed by atoms with Crippen molar-refractivity contribution in [1.29, 1.82) is 0 Å². The Kier molecular flexibility index (Phi) is 4.33. The maximum atomic E-state index is 13.8. The number of hydrogen-bond acceptors (Lipinski definition) is 2. The zero-order valence-corrected chi connectivity index (χ0v) is 17.7. The van der Waals surface area contributed by atoms with Gasteiger partial charge in [0.15, 0.2) is 0 Å². The number of hydrogen-bond donors (Lipinski definition) is 1. The van der Waals surface area contributed by atoms with Crippen LogP contribution in [0, 0.1) is 5.82 Å². The molecule has 28 heavy (non-hydrogen) atoms. The van der Waals surface area contributed by atoms with Gasteiger partial charge >= 0.3 is 0 Å². The van der Waals surface area contributed by atoms with E-state index in [1.807, 2.05) is 42.5 Å². The van der Waals surface area contributed by atoms with Crippen molar-refractivity contribution in [3.8, 4) is 0 Å². The lowest BCUT2D eigenvalue weighted by molar-refractivity contribution is 0.618. The smallest absolute Gasteiger partial charge is 0.209 e. The molecule has 6 heteroatoms. The van der Waals surface area contributed by atoms with Crippen LogP contribution >= 0.6 is 31.9 Å². The van der Waals surface area contributed by atoms with Crippen LogP contribution in [0.25, 0.3) is 16.7 Å². The molecule has 5 rings (SSSR count). The third-order valence-electron chi connectivity index (χ3n) is 4.89. The van der Waals surface area contributed by atoms with Crippen LogP contribution in [0.15, 0.2) is 81.8 Å². The highest BCUT2D eigenvalue weighted by Gasteiger charge is 2.25. The maximum Gasteiger partial charge on any atom is 0.209 e. The Morgan fingerprint density at radius 2 is 1.75 bits per heavy atom. The second-order valence-electron chi connectivity index (χ2n) is 6.62. The molecule has 1 aliphatic heterocycles. The van der Waals surface area contributed by atoms with E-state index in [2.05, 4.69) is 66.0 Å². The van der Waals surface area contributed by atoms with Gasteiger partial charge in [-0.25, -0.2) is 9.37 Å². The minimum Gasteiger partial charge on any atom is -0.325 e. The number of benzene rings is 3. The number of para-hydroxylation sites is 2. The average molecular weight is 499 g/mol. The highest BCUT2D eigenvalue weighted by atomic mass is 79.9. The van der Waals surface area contributed by atoms with E-state index in [0.717, 1.165) is 38.3 Å². The molecular formula is C22H14Br2FN3. The van der Waals surface area contributed by atoms with Gasteiger partial charge in [0.05, 0.1) is 21.5 Å². The second-order valence-corrected chi connectivity index (χ2v) is 8.39. The SMILES string of the molecule is Fc1ccc([C@H]2C=C(c3ccc(Br)cc3)Nc3nc4ccccc4n32)cc1Br. The van der Waals surface area contributed by atoms with Crippen LogP contribution in [-0.4, -0.2) is 9.55 Å². The summed E-state index contributed by atoms with van der Waals surface area (Å²) >= 11 is 6.80. The predicted octanol–water partition coefficient (Wildman–Crippen LogP) is 6.76. The van der Waals surface area contributed by atoms with Crippen molar-refractivity contribution in [2.45, 2.75) is 6.04 Å². The van der Waals surface area contributed by atoms with Crippen LogP contribution in [-0.2, 0) is 0 Å². The van der Waals surface area contributed by atoms with E-state index in [-0.39, 0.29) is 11.9 Å². The summed E-state index contributed by atoms with van der Waals surface area (Å²) in [7, 11) is 0. The summed E-state index contributed by atoms with van der Waals surface area (Å²) in [4.78, 5) is 4.78. The number of nitrogens with one attached hydrogen (secondary N) is 1. The number of allylic oxidation sites excluding steroid dienone is 1. The Morgan fingerprint density at radius 3 is 2.54 bits per heavy atom. The van der Waals surface area contributed by atoms with E-state index in [1.54, 1.807) is 0 Å². The van der Waals surface area contributed by atoms with Crippen LogP contribution in [0.2, 0.25) is 0 Å². The third kappa shape index (κ3) is 2.97. The van der Waals surface area contributed by atoms with Crippen LogP contribution in [0.1, 0.15) is 17.2 Å². The summed E-state index contributed by atoms with van der Waals surface area (Å²) in [6.45, 7) is 0. The fourth-order valence-corrected chi connectivity index (χ4v) is 4.21. The van der Waals surface area contributed by atoms with Crippen LogP contribution < -0.4 is 5.32 Å². The molecule has 1 atom stereocenters. The highest BCUT2D eigenvalue weighted by molar-refractivity contribution is 9.10. The molecular weight excluding hydrogens is 485 g/mol. The standard InChI is InChI=1S/C22H14Br2FN3/c23-15-8-5-13(6-9-15)19-12-21(14-7-10-17(25)16(24)11-14)28-20-4-2-1-3-18(20)26-22(28)27-19/h1-12,21H,(H,26,27)/t21-/m1/s1. The molecule has 0 saturated heterocycles. The zero-order chi connectivity index (χ0) is 19.3. The Labute approximate surface area is 178 Å². The number of fused-ring (bicyclic) bond motifs is 3. The van der Waals surface area contributed by atoms with Crippen molar-refractivity contribution in [1.82, 2.24) is 9.55 Å². The summed E-state index contributed by atoms with van der Waals surface area (Å²) in [5.74, 6) is 0.498. The zero-order valence-electron chi connectivity index (χ0n) is 14.5. The maximum absolute atomic E-state index is 13.8. The molecule has 1 aliphatic rings. The molecule has 0 aliphatic carbocycles. The van der Waals surface area contributed by atoms with Gasteiger partial charge in [0.2, 0.25) is 5.95 Å². The van der Waals surface area contributed by atoms with Gasteiger partial charge < -0.3 is 5.32 Å². The molecule has 0 fully saturated rings. The van der Waals surface area contributed by atoms with Gasteiger partial charge in [-0.05, 0) is 69.5 Å². The van der Waals surface area contributed by atoms with Crippen LogP contribution in [0.5, 0.6) is 0 Å². The fraction of sp³-hybridized carbons (Fsp3) is 0.0455. The molecule has 138 valence electrons. The Balaban J connectivity index is 1.72. The predicted molar refractivity (Wildman–Crippen MR) is 118 cm³/mol. The summed E-state index contributed by atoms with van der Waals surface area (Å²) in [6, 6.07) is 21.2. The average Bonchev–Trinajstić information content (AvgIpc) is 3.08. The highest BCUT2D eigenvalue weighted by Crippen LogP contribution is 2.37. The Morgan fingerprint density at radius 1 is 0.964 bits per heavy atom. The summed E-state index contributed by atoms with van der Waals surface area (Å²) in [6.07, 6.45) is 2.16. The number of halogens is 3. The minimum atomic E-state index is -0.273. The van der Waals surface area contributed by atoms with Gasteiger partial charge in [0, 0.05) is 10.2 Å². The second kappa shape index (κ2) is 6.87. The first kappa shape index (κ1) is 17.6. The monoisotopic (exact) mass is 497 g/mol. The molecule has 0 spiro atoms. The van der Waals surface area contributed by atoms with Gasteiger partial charge in [0.1, 0.15) is 5.82 Å². The van der Waals surface area contributed by atoms with Crippen molar-refractivity contribution >= 4 is 54.5 Å². The molecule has 0 saturated carbocycles. The van der Waals surface area contributed by atoms with E-state index >= 15 is 0 Å². The normalized spacial score (nSPS) is 15.8. The number of imidazole rings is 1. The molecule has 0 bridgehead atoms. The number of aromatic nitrogens is 2. The Hall–Kier alpha value is -2.44. The molecule has 3 nitrogen and oxygen atoms in total. The molecule has 0 amide bonds. The summed E-state index contributed by atoms with van der Waals surface area (Å²) in [5, 5.41) is 3.46. The number of rotatable bonds is 2. The molecule has 3 aromatic carbocycles. The van der Waals surface area contributed by atoms with Gasteiger partial charge in [-0.1, -0.05) is 46.3 Å². The van der Waals surface area contributed by atoms with Crippen molar-refractivity contribution < 1.29 is 4.39 Å². The van der Waals surface area contributed by atoms with Crippen LogP contribution in [0.3, 0.4) is 0 Å². The van der Waals surface area contributed by atoms with E-state index < -0.39 is 0 Å². The summed E-state index contributed by atoms with van der Waals surface area (Å²) < 4.78 is 17.5. The van der Waals surface area contributed by atoms with Gasteiger partial charge in [-0.15, -0.1) is 0 Å². The fourth-order valence-electron chi connectivity index (χ4n) is 3.55. The van der Waals surface area contributed by atoms with E-state index in [1.165, 1.54) is 6.07 Å². The quantitative estimate of drug-likeness (QED) is 0.331. The minimum absolute atomic E-state index is 0.112. The van der Waals surface area contributed by atoms with E-state index in [9.17, 15) is 4.39 Å². The first-order chi connectivity index (χ1) is 13.6. The molecule has 2 heterocycles. The van der Waals surface area contributed by atoms with Crippen LogP contribution in [0.4, 0.5) is 10.3 Å². The van der Waals surface area contributed by atoms with Crippen molar-refractivity contribution in [2.75, 3.05) is 5.32 Å². The summed E-state index contributed by atoms with van der Waals surface area (Å²) in [5.41, 5.74) is 4.96. The lowest BCUT2D eigenvalue weighted by Gasteiger charge is -2.27. The third-order valence-corrected chi connectivity index (χ3v) is 6.02. The lowest BCUT2D eigenvalue weighted by atomic mass is 10.0. The van der Waals surface area contributed by atoms with Crippen molar-refractivity contribution in [3.63, 3.8) is 0 Å². The molecule has 0 radical (unpaired) electrons. The van der Waals surface area contributed by atoms with Crippen molar-refractivity contribution in [2.24, 2.45) is 0 Å². The van der Waals surface area contributed by atoms with E-state index in [4.69, 9.17) is 4.98 Å². The largest absolute Gasteiger partial charge is 0.325 e. The van der Waals surface area contributed by atoms with E-state index in [0.29, 0.717) is 4.47 Å². The molecule has 1 N–H and O–H groups in total. The molecule has 4 aromatic rings. The van der Waals surface area contributed by atoms with Gasteiger partial charge in [0.25, 0.3) is 0 Å². The molecule has 1 aromatic heterocycles. The number of anilines is 1. The van der Waals surface area contributed by atoms with Gasteiger partial charge in [-0.3, -0.25) is 4.57 Å². The number of nitrogens with zero attached hydrogens (tertiary/aromatic N) is 2. The Bertz CT molecular complexity index is 1230. The van der Waals surface area contributed by atoms with Crippen molar-refractivity contribution in [3.05, 3.63) is 98.7 Å². The first-order valence-corrected chi connectivity index (χ1v) is 10.4. The lowest BCUT2D eigenvalue weighted by Crippen LogP contribution is -2.19. The molecule has 0 unspecified atom stereocenters.